The predicted octanol–water partition coefficient (Wildman–Crippen LogP) is 3.78. The van der Waals surface area contributed by atoms with E-state index >= 15 is 0 Å². The summed E-state index contributed by atoms with van der Waals surface area (Å²) in [6.07, 6.45) is 4.18. The highest BCUT2D eigenvalue weighted by Gasteiger charge is 2.32. The highest BCUT2D eigenvalue weighted by atomic mass is 32.1. The first-order chi connectivity index (χ1) is 12.6. The molecule has 8 heteroatoms. The zero-order valence-corrected chi connectivity index (χ0v) is 15.4. The molecule has 1 N–H and O–H groups in total. The van der Waals surface area contributed by atoms with Gasteiger partial charge in [-0.3, -0.25) is 9.59 Å². The molecule has 0 saturated carbocycles. The number of carbonyl (C=O) groups is 2. The number of likely N-dealkylation sites (tertiary alicyclic amines) is 1. The Morgan fingerprint density at radius 3 is 2.81 bits per heavy atom. The lowest BCUT2D eigenvalue weighted by atomic mass is 10.2. The zero-order valence-electron chi connectivity index (χ0n) is 14.6. The van der Waals surface area contributed by atoms with Gasteiger partial charge in [0.1, 0.15) is 10.8 Å². The first-order valence-corrected chi connectivity index (χ1v) is 9.60. The number of hydrogen-bond donors (Lipinski definition) is 1. The number of benzene rings is 1. The standard InChI is InChI=1S/C18H21FN4O2S/c1-2-3-6-15(24)23-11-4-5-14(23)17-21-22-18(26-17)16(25)20-13-9-7-12(19)8-10-13/h7-10,14H,2-6,11H2,1H3,(H,20,25)/t14-/m0/s1. The van der Waals surface area contributed by atoms with Crippen LogP contribution in [-0.2, 0) is 4.79 Å². The van der Waals surface area contributed by atoms with Gasteiger partial charge < -0.3 is 10.2 Å². The van der Waals surface area contributed by atoms with Crippen LogP contribution in [0.15, 0.2) is 24.3 Å². The number of aromatic nitrogens is 2. The van der Waals surface area contributed by atoms with Crippen LogP contribution in [0.4, 0.5) is 10.1 Å². The van der Waals surface area contributed by atoms with E-state index in [1.165, 1.54) is 35.6 Å². The lowest BCUT2D eigenvalue weighted by Crippen LogP contribution is -2.30. The van der Waals surface area contributed by atoms with Crippen LogP contribution >= 0.6 is 11.3 Å². The van der Waals surface area contributed by atoms with Crippen LogP contribution in [0.1, 0.15) is 59.9 Å². The second-order valence-corrected chi connectivity index (χ2v) is 7.26. The predicted molar refractivity (Wildman–Crippen MR) is 97.5 cm³/mol. The van der Waals surface area contributed by atoms with E-state index in [1.54, 1.807) is 0 Å². The second kappa shape index (κ2) is 8.35. The first kappa shape index (κ1) is 18.4. The Labute approximate surface area is 155 Å². The molecule has 1 aliphatic rings. The van der Waals surface area contributed by atoms with Crippen LogP contribution in [0.2, 0.25) is 0 Å². The topological polar surface area (TPSA) is 75.2 Å². The molecule has 0 bridgehead atoms. The number of carbonyl (C=O) groups excluding carboxylic acids is 2. The van der Waals surface area contributed by atoms with Crippen molar-refractivity contribution in [2.75, 3.05) is 11.9 Å². The molecule has 3 rings (SSSR count). The molecule has 0 spiro atoms. The van der Waals surface area contributed by atoms with Crippen LogP contribution in [0.5, 0.6) is 0 Å². The van der Waals surface area contributed by atoms with Crippen LogP contribution in [0.3, 0.4) is 0 Å². The molecule has 1 aromatic carbocycles. The maximum Gasteiger partial charge on any atom is 0.286 e. The van der Waals surface area contributed by atoms with Gasteiger partial charge in [0.15, 0.2) is 0 Å². The normalized spacial score (nSPS) is 16.7. The van der Waals surface area contributed by atoms with Gasteiger partial charge in [-0.2, -0.15) is 0 Å². The fourth-order valence-corrected chi connectivity index (χ4v) is 3.86. The van der Waals surface area contributed by atoms with Crippen molar-refractivity contribution in [3.8, 4) is 0 Å². The van der Waals surface area contributed by atoms with Crippen molar-refractivity contribution in [1.29, 1.82) is 0 Å². The van der Waals surface area contributed by atoms with Gasteiger partial charge >= 0.3 is 0 Å². The molecule has 1 aliphatic heterocycles. The van der Waals surface area contributed by atoms with Gasteiger partial charge in [-0.05, 0) is 43.5 Å². The molecule has 1 saturated heterocycles. The Bertz CT molecular complexity index is 778. The largest absolute Gasteiger partial charge is 0.333 e. The lowest BCUT2D eigenvalue weighted by Gasteiger charge is -2.22. The van der Waals surface area contributed by atoms with E-state index in [-0.39, 0.29) is 28.7 Å². The molecular formula is C18H21FN4O2S. The fourth-order valence-electron chi connectivity index (χ4n) is 2.97. The molecule has 2 aromatic rings. The summed E-state index contributed by atoms with van der Waals surface area (Å²) in [5.41, 5.74) is 0.491. The maximum absolute atomic E-state index is 12.9. The summed E-state index contributed by atoms with van der Waals surface area (Å²) in [7, 11) is 0. The number of hydrogen-bond acceptors (Lipinski definition) is 5. The molecule has 138 valence electrons. The van der Waals surface area contributed by atoms with Gasteiger partial charge in [-0.25, -0.2) is 4.39 Å². The van der Waals surface area contributed by atoms with Gasteiger partial charge in [0.25, 0.3) is 5.91 Å². The van der Waals surface area contributed by atoms with E-state index in [0.29, 0.717) is 17.1 Å². The third-order valence-corrected chi connectivity index (χ3v) is 5.36. The van der Waals surface area contributed by atoms with Crippen molar-refractivity contribution in [3.05, 3.63) is 40.1 Å². The van der Waals surface area contributed by atoms with Gasteiger partial charge in [0.2, 0.25) is 10.9 Å². The summed E-state index contributed by atoms with van der Waals surface area (Å²) in [5, 5.41) is 11.7. The number of anilines is 1. The van der Waals surface area contributed by atoms with Crippen LogP contribution < -0.4 is 5.32 Å². The lowest BCUT2D eigenvalue weighted by molar-refractivity contribution is -0.132. The summed E-state index contributed by atoms with van der Waals surface area (Å²) in [6, 6.07) is 5.43. The molecule has 0 unspecified atom stereocenters. The van der Waals surface area contributed by atoms with Crippen molar-refractivity contribution in [1.82, 2.24) is 15.1 Å². The van der Waals surface area contributed by atoms with Gasteiger partial charge in [-0.1, -0.05) is 24.7 Å². The highest BCUT2D eigenvalue weighted by molar-refractivity contribution is 7.13. The van der Waals surface area contributed by atoms with Crippen molar-refractivity contribution in [2.24, 2.45) is 0 Å². The summed E-state index contributed by atoms with van der Waals surface area (Å²) in [4.78, 5) is 26.5. The molecule has 2 heterocycles. The molecule has 1 aromatic heterocycles. The average Bonchev–Trinajstić information content (AvgIpc) is 3.30. The SMILES string of the molecule is CCCCC(=O)N1CCC[C@H]1c1nnc(C(=O)Nc2ccc(F)cc2)s1. The van der Waals surface area contributed by atoms with Gasteiger partial charge in [-0.15, -0.1) is 10.2 Å². The third kappa shape index (κ3) is 4.24. The minimum absolute atomic E-state index is 0.0933. The Balaban J connectivity index is 1.67. The first-order valence-electron chi connectivity index (χ1n) is 8.78. The summed E-state index contributed by atoms with van der Waals surface area (Å²) in [5.74, 6) is -0.612. The van der Waals surface area contributed by atoms with Crippen molar-refractivity contribution >= 4 is 28.8 Å². The molecule has 2 amide bonds. The van der Waals surface area contributed by atoms with E-state index in [4.69, 9.17) is 0 Å². The number of nitrogens with zero attached hydrogens (tertiary/aromatic N) is 3. The molecule has 1 fully saturated rings. The minimum atomic E-state index is -0.387. The van der Waals surface area contributed by atoms with Crippen molar-refractivity contribution in [2.45, 2.75) is 45.1 Å². The van der Waals surface area contributed by atoms with Crippen LogP contribution in [0, 0.1) is 5.82 Å². The zero-order chi connectivity index (χ0) is 18.5. The number of halogens is 1. The monoisotopic (exact) mass is 376 g/mol. The summed E-state index contributed by atoms with van der Waals surface area (Å²) in [6.45, 7) is 2.79. The highest BCUT2D eigenvalue weighted by Crippen LogP contribution is 2.34. The van der Waals surface area contributed by atoms with Crippen LogP contribution in [0.25, 0.3) is 0 Å². The third-order valence-electron chi connectivity index (χ3n) is 4.34. The molecule has 0 aliphatic carbocycles. The van der Waals surface area contributed by atoms with Crippen LogP contribution in [-0.4, -0.2) is 33.5 Å². The smallest absolute Gasteiger partial charge is 0.286 e. The van der Waals surface area contributed by atoms with Crippen molar-refractivity contribution in [3.63, 3.8) is 0 Å². The van der Waals surface area contributed by atoms with Crippen molar-refractivity contribution < 1.29 is 14.0 Å². The molecule has 0 radical (unpaired) electrons. The number of nitrogens with one attached hydrogen (secondary N) is 1. The average molecular weight is 376 g/mol. The Morgan fingerprint density at radius 2 is 2.08 bits per heavy atom. The second-order valence-electron chi connectivity index (χ2n) is 6.26. The summed E-state index contributed by atoms with van der Waals surface area (Å²) >= 11 is 1.20. The van der Waals surface area contributed by atoms with Gasteiger partial charge in [0, 0.05) is 18.7 Å². The number of unbranched alkanes of at least 4 members (excludes halogenated alkanes) is 1. The maximum atomic E-state index is 12.9. The molecular weight excluding hydrogens is 355 g/mol. The molecule has 26 heavy (non-hydrogen) atoms. The van der Waals surface area contributed by atoms with E-state index in [9.17, 15) is 14.0 Å². The fraction of sp³-hybridized carbons (Fsp3) is 0.444. The van der Waals surface area contributed by atoms with E-state index in [2.05, 4.69) is 22.4 Å². The molecule has 1 atom stereocenters. The van der Waals surface area contributed by atoms with E-state index in [0.717, 1.165) is 32.2 Å². The number of rotatable bonds is 6. The summed E-state index contributed by atoms with van der Waals surface area (Å²) < 4.78 is 12.9. The van der Waals surface area contributed by atoms with E-state index in [1.807, 2.05) is 4.90 Å². The molecule has 6 nitrogen and oxygen atoms in total. The van der Waals surface area contributed by atoms with Gasteiger partial charge in [0.05, 0.1) is 6.04 Å². The Kier molecular flexibility index (Phi) is 5.92. The minimum Gasteiger partial charge on any atom is -0.333 e. The number of amides is 2. The van der Waals surface area contributed by atoms with E-state index < -0.39 is 0 Å². The Morgan fingerprint density at radius 1 is 1.31 bits per heavy atom. The Hall–Kier alpha value is -2.35. The quantitative estimate of drug-likeness (QED) is 0.832.